The van der Waals surface area contributed by atoms with Crippen LogP contribution in [0.4, 0.5) is 0 Å². The van der Waals surface area contributed by atoms with Crippen molar-refractivity contribution in [1.29, 1.82) is 0 Å². The number of esters is 1. The fourth-order valence-electron chi connectivity index (χ4n) is 1.33. The molecule has 96 valence electrons. The summed E-state index contributed by atoms with van der Waals surface area (Å²) in [6.45, 7) is 0.630. The van der Waals surface area contributed by atoms with Crippen LogP contribution in [0.1, 0.15) is 11.8 Å². The number of ether oxygens (including phenoxy) is 1. The quantitative estimate of drug-likeness (QED) is 0.765. The van der Waals surface area contributed by atoms with Crippen molar-refractivity contribution >= 4 is 21.9 Å². The largest absolute Gasteiger partial charge is 0.469 e. The molecule has 2 heterocycles. The lowest BCUT2D eigenvalue weighted by atomic mass is 10.4. The number of carbonyl (C=O) groups is 1. The Hall–Kier alpha value is -1.70. The average molecular weight is 315 g/mol. The Labute approximate surface area is 111 Å². The molecule has 0 aliphatic heterocycles. The van der Waals surface area contributed by atoms with Crippen LogP contribution in [0.3, 0.4) is 0 Å². The van der Waals surface area contributed by atoms with Gasteiger partial charge in [-0.1, -0.05) is 0 Å². The Morgan fingerprint density at radius 3 is 2.94 bits per heavy atom. The average Bonchev–Trinajstić information content (AvgIpc) is 2.96. The summed E-state index contributed by atoms with van der Waals surface area (Å²) in [5, 5.41) is 11.7. The van der Waals surface area contributed by atoms with Gasteiger partial charge in [-0.3, -0.25) is 9.48 Å². The summed E-state index contributed by atoms with van der Waals surface area (Å²) < 4.78 is 12.5. The molecule has 18 heavy (non-hydrogen) atoms. The Morgan fingerprint density at radius 2 is 2.28 bits per heavy atom. The van der Waals surface area contributed by atoms with E-state index in [4.69, 9.17) is 4.42 Å². The Morgan fingerprint density at radius 1 is 1.50 bits per heavy atom. The highest BCUT2D eigenvalue weighted by molar-refractivity contribution is 9.10. The lowest BCUT2D eigenvalue weighted by Gasteiger charge is -1.96. The zero-order valence-corrected chi connectivity index (χ0v) is 11.3. The summed E-state index contributed by atoms with van der Waals surface area (Å²) in [5.41, 5.74) is 0. The molecule has 0 amide bonds. The molecule has 0 saturated heterocycles. The number of nitrogens with zero attached hydrogens (tertiary/aromatic N) is 4. The van der Waals surface area contributed by atoms with Gasteiger partial charge in [0.25, 0.3) is 0 Å². The minimum atomic E-state index is -0.402. The second kappa shape index (κ2) is 5.76. The van der Waals surface area contributed by atoms with Crippen molar-refractivity contribution in [3.8, 4) is 0 Å². The maximum absolute atomic E-state index is 11.0. The fourth-order valence-corrected chi connectivity index (χ4v) is 1.66. The van der Waals surface area contributed by atoms with E-state index < -0.39 is 5.97 Å². The molecule has 0 aliphatic rings. The molecule has 7 nitrogen and oxygen atoms in total. The van der Waals surface area contributed by atoms with Crippen molar-refractivity contribution in [3.63, 3.8) is 0 Å². The summed E-state index contributed by atoms with van der Waals surface area (Å²) >= 11 is 3.31. The Bertz CT molecular complexity index is 537. The standard InChI is InChI=1S/C10H11BrN4O3/c1-17-10(16)4-9-14-13-8(18-9)2-3-15-6-7(11)5-12-15/h5-6H,2-4H2,1H3. The van der Waals surface area contributed by atoms with Gasteiger partial charge in [0.1, 0.15) is 6.42 Å². The van der Waals surface area contributed by atoms with E-state index in [1.165, 1.54) is 7.11 Å². The number of halogens is 1. The van der Waals surface area contributed by atoms with Gasteiger partial charge in [-0.2, -0.15) is 5.10 Å². The maximum Gasteiger partial charge on any atom is 0.315 e. The monoisotopic (exact) mass is 314 g/mol. The fraction of sp³-hybridized carbons (Fsp3) is 0.400. The van der Waals surface area contributed by atoms with E-state index in [2.05, 4.69) is 36.0 Å². The number of rotatable bonds is 5. The molecule has 0 fully saturated rings. The van der Waals surface area contributed by atoms with Gasteiger partial charge in [0.05, 0.1) is 17.8 Å². The lowest BCUT2D eigenvalue weighted by Crippen LogP contribution is -2.04. The molecule has 0 saturated carbocycles. The van der Waals surface area contributed by atoms with Crippen LogP contribution in [0.5, 0.6) is 0 Å². The van der Waals surface area contributed by atoms with E-state index in [0.29, 0.717) is 18.9 Å². The number of hydrogen-bond acceptors (Lipinski definition) is 6. The van der Waals surface area contributed by atoms with Crippen LogP contribution >= 0.6 is 15.9 Å². The number of methoxy groups -OCH3 is 1. The molecule has 2 aromatic rings. The van der Waals surface area contributed by atoms with E-state index in [1.54, 1.807) is 10.9 Å². The highest BCUT2D eigenvalue weighted by atomic mass is 79.9. The molecule has 0 unspecified atom stereocenters. The predicted octanol–water partition coefficient (Wildman–Crippen LogP) is 0.987. The third-order valence-electron chi connectivity index (χ3n) is 2.19. The van der Waals surface area contributed by atoms with Crippen LogP contribution in [0.15, 0.2) is 21.3 Å². The van der Waals surface area contributed by atoms with E-state index >= 15 is 0 Å². The SMILES string of the molecule is COC(=O)Cc1nnc(CCn2cc(Br)cn2)o1. The van der Waals surface area contributed by atoms with Crippen LogP contribution in [-0.4, -0.2) is 33.1 Å². The van der Waals surface area contributed by atoms with Gasteiger partial charge in [-0.25, -0.2) is 0 Å². The van der Waals surface area contributed by atoms with E-state index in [9.17, 15) is 4.79 Å². The summed E-state index contributed by atoms with van der Waals surface area (Å²) in [6.07, 6.45) is 4.11. The second-order valence-corrected chi connectivity index (χ2v) is 4.43. The van der Waals surface area contributed by atoms with Crippen molar-refractivity contribution in [2.24, 2.45) is 0 Å². The van der Waals surface area contributed by atoms with Crippen LogP contribution in [0.2, 0.25) is 0 Å². The van der Waals surface area contributed by atoms with Crippen LogP contribution in [-0.2, 0) is 28.9 Å². The smallest absolute Gasteiger partial charge is 0.315 e. The van der Waals surface area contributed by atoms with Crippen molar-refractivity contribution in [2.75, 3.05) is 7.11 Å². The van der Waals surface area contributed by atoms with Crippen molar-refractivity contribution < 1.29 is 13.9 Å². The third kappa shape index (κ3) is 3.39. The normalized spacial score (nSPS) is 10.6. The first-order valence-corrected chi connectivity index (χ1v) is 6.02. The number of hydrogen-bond donors (Lipinski definition) is 0. The van der Waals surface area contributed by atoms with E-state index in [0.717, 1.165) is 4.47 Å². The molecule has 0 spiro atoms. The highest BCUT2D eigenvalue weighted by Crippen LogP contribution is 2.08. The van der Waals surface area contributed by atoms with Crippen LogP contribution in [0.25, 0.3) is 0 Å². The number of aromatic nitrogens is 4. The topological polar surface area (TPSA) is 83.0 Å². The summed E-state index contributed by atoms with van der Waals surface area (Å²) in [4.78, 5) is 11.0. The van der Waals surface area contributed by atoms with Crippen LogP contribution < -0.4 is 0 Å². The lowest BCUT2D eigenvalue weighted by molar-refractivity contribution is -0.140. The first kappa shape index (κ1) is 12.7. The van der Waals surface area contributed by atoms with Gasteiger partial charge in [-0.15, -0.1) is 10.2 Å². The molecule has 0 bridgehead atoms. The molecule has 8 heteroatoms. The van der Waals surface area contributed by atoms with Gasteiger partial charge in [0.2, 0.25) is 11.8 Å². The minimum Gasteiger partial charge on any atom is -0.469 e. The molecular weight excluding hydrogens is 304 g/mol. The molecule has 0 radical (unpaired) electrons. The van der Waals surface area contributed by atoms with Crippen molar-refractivity contribution in [3.05, 3.63) is 28.6 Å². The molecule has 2 aromatic heterocycles. The molecular formula is C10H11BrN4O3. The molecule has 0 aliphatic carbocycles. The minimum absolute atomic E-state index is 0.00316. The van der Waals surface area contributed by atoms with Gasteiger partial charge in [0.15, 0.2) is 0 Å². The molecule has 0 aromatic carbocycles. The van der Waals surface area contributed by atoms with Crippen LogP contribution in [0, 0.1) is 0 Å². The molecule has 0 N–H and O–H groups in total. The second-order valence-electron chi connectivity index (χ2n) is 3.51. The van der Waals surface area contributed by atoms with Gasteiger partial charge >= 0.3 is 5.97 Å². The first-order chi connectivity index (χ1) is 8.67. The van der Waals surface area contributed by atoms with E-state index in [1.807, 2.05) is 6.20 Å². The number of carbonyl (C=O) groups excluding carboxylic acids is 1. The predicted molar refractivity (Wildman–Crippen MR) is 63.6 cm³/mol. The summed E-state index contributed by atoms with van der Waals surface area (Å²) in [7, 11) is 1.31. The third-order valence-corrected chi connectivity index (χ3v) is 2.60. The highest BCUT2D eigenvalue weighted by Gasteiger charge is 2.11. The number of aryl methyl sites for hydroxylation is 2. The summed E-state index contributed by atoms with van der Waals surface area (Å²) in [5.74, 6) is 0.334. The van der Waals surface area contributed by atoms with Gasteiger partial charge in [-0.05, 0) is 15.9 Å². The van der Waals surface area contributed by atoms with Gasteiger partial charge in [0, 0.05) is 19.2 Å². The maximum atomic E-state index is 11.0. The zero-order valence-electron chi connectivity index (χ0n) is 9.67. The molecule has 0 atom stereocenters. The van der Waals surface area contributed by atoms with E-state index in [-0.39, 0.29) is 12.3 Å². The van der Waals surface area contributed by atoms with Crippen molar-refractivity contribution in [2.45, 2.75) is 19.4 Å². The van der Waals surface area contributed by atoms with Crippen molar-refractivity contribution in [1.82, 2.24) is 20.0 Å². The Kier molecular flexibility index (Phi) is 4.08. The molecule has 2 rings (SSSR count). The first-order valence-electron chi connectivity index (χ1n) is 5.23. The Balaban J connectivity index is 1.88. The zero-order chi connectivity index (χ0) is 13.0. The van der Waals surface area contributed by atoms with Gasteiger partial charge < -0.3 is 9.15 Å². The summed E-state index contributed by atoms with van der Waals surface area (Å²) in [6, 6.07) is 0.